The minimum absolute atomic E-state index is 0.0911. The first-order valence-corrected chi connectivity index (χ1v) is 6.63. The first-order valence-electron chi connectivity index (χ1n) is 5.84. The van der Waals surface area contributed by atoms with Crippen LogP contribution in [-0.4, -0.2) is 41.2 Å². The van der Waals surface area contributed by atoms with E-state index in [0.717, 1.165) is 16.6 Å². The average molecular weight is 301 g/mol. The third kappa shape index (κ3) is 2.55. The van der Waals surface area contributed by atoms with Gasteiger partial charge in [0.05, 0.1) is 19.3 Å². The van der Waals surface area contributed by atoms with Gasteiger partial charge in [-0.15, -0.1) is 0 Å². The second kappa shape index (κ2) is 5.23. The second-order valence-electron chi connectivity index (χ2n) is 4.29. The third-order valence-corrected chi connectivity index (χ3v) is 3.58. The van der Waals surface area contributed by atoms with Gasteiger partial charge in [-0.3, -0.25) is 4.79 Å². The fraction of sp³-hybridized carbons (Fsp3) is 0.583. The largest absolute Gasteiger partial charge is 0.377 e. The van der Waals surface area contributed by atoms with Crippen LogP contribution in [0.15, 0.2) is 16.7 Å². The number of aryl methyl sites for hydroxylation is 1. The Balaban J connectivity index is 2.21. The first-order chi connectivity index (χ1) is 8.13. The van der Waals surface area contributed by atoms with Gasteiger partial charge < -0.3 is 14.2 Å². The van der Waals surface area contributed by atoms with Crippen molar-refractivity contribution in [2.24, 2.45) is 7.05 Å². The van der Waals surface area contributed by atoms with E-state index in [0.29, 0.717) is 19.8 Å². The molecule has 1 aromatic heterocycles. The Hall–Kier alpha value is -0.810. The molecule has 2 heterocycles. The lowest BCUT2D eigenvalue weighted by molar-refractivity contribution is -0.00328. The molecule has 1 amide bonds. The van der Waals surface area contributed by atoms with Crippen LogP contribution in [0.5, 0.6) is 0 Å². The van der Waals surface area contributed by atoms with Gasteiger partial charge in [0.2, 0.25) is 0 Å². The topological polar surface area (TPSA) is 34.5 Å². The summed E-state index contributed by atoms with van der Waals surface area (Å²) in [6, 6.07) is 2.06. The molecule has 0 N–H and O–H groups in total. The molecule has 0 saturated carbocycles. The van der Waals surface area contributed by atoms with Gasteiger partial charge in [-0.05, 0) is 28.4 Å². The van der Waals surface area contributed by atoms with Gasteiger partial charge in [0.25, 0.3) is 5.91 Å². The van der Waals surface area contributed by atoms with Gasteiger partial charge in [-0.2, -0.15) is 0 Å². The van der Waals surface area contributed by atoms with E-state index in [4.69, 9.17) is 4.74 Å². The van der Waals surface area contributed by atoms with Crippen molar-refractivity contribution in [3.8, 4) is 0 Å². The number of carbonyl (C=O) groups excluding carboxylic acids is 1. The van der Waals surface area contributed by atoms with Gasteiger partial charge in [0, 0.05) is 24.3 Å². The van der Waals surface area contributed by atoms with Crippen molar-refractivity contribution in [2.75, 3.05) is 19.8 Å². The summed E-state index contributed by atoms with van der Waals surface area (Å²) in [6.07, 6.45) is 2.83. The molecule has 2 rings (SSSR count). The van der Waals surface area contributed by atoms with E-state index < -0.39 is 0 Å². The van der Waals surface area contributed by atoms with Crippen LogP contribution in [-0.2, 0) is 11.8 Å². The minimum atomic E-state index is 0.0911. The van der Waals surface area contributed by atoms with Crippen LogP contribution in [0.3, 0.4) is 0 Å². The Bertz CT molecular complexity index is 417. The molecule has 94 valence electrons. The van der Waals surface area contributed by atoms with E-state index in [1.807, 2.05) is 28.8 Å². The van der Waals surface area contributed by atoms with Crippen molar-refractivity contribution in [3.63, 3.8) is 0 Å². The van der Waals surface area contributed by atoms with E-state index in [-0.39, 0.29) is 11.9 Å². The number of rotatable bonds is 2. The highest BCUT2D eigenvalue weighted by molar-refractivity contribution is 9.10. The number of aromatic nitrogens is 1. The lowest BCUT2D eigenvalue weighted by Gasteiger charge is -2.35. The summed E-state index contributed by atoms with van der Waals surface area (Å²) >= 11 is 3.39. The van der Waals surface area contributed by atoms with Crippen LogP contribution in [0.2, 0.25) is 0 Å². The van der Waals surface area contributed by atoms with Crippen LogP contribution in [0, 0.1) is 0 Å². The highest BCUT2D eigenvalue weighted by Gasteiger charge is 2.28. The maximum Gasteiger partial charge on any atom is 0.270 e. The summed E-state index contributed by atoms with van der Waals surface area (Å²) in [6.45, 7) is 4.04. The number of hydrogen-bond donors (Lipinski definition) is 0. The fourth-order valence-corrected chi connectivity index (χ4v) is 2.67. The summed E-state index contributed by atoms with van der Waals surface area (Å²) in [4.78, 5) is 14.4. The number of amides is 1. The minimum Gasteiger partial charge on any atom is -0.377 e. The number of halogens is 1. The van der Waals surface area contributed by atoms with Crippen LogP contribution in [0.1, 0.15) is 23.8 Å². The highest BCUT2D eigenvalue weighted by atomic mass is 79.9. The van der Waals surface area contributed by atoms with Crippen LogP contribution in [0.4, 0.5) is 0 Å². The number of carbonyl (C=O) groups is 1. The van der Waals surface area contributed by atoms with Crippen molar-refractivity contribution in [3.05, 3.63) is 22.4 Å². The second-order valence-corrected chi connectivity index (χ2v) is 5.21. The monoisotopic (exact) mass is 300 g/mol. The quantitative estimate of drug-likeness (QED) is 0.838. The number of nitrogens with zero attached hydrogens (tertiary/aromatic N) is 2. The molecule has 1 fully saturated rings. The average Bonchev–Trinajstić information content (AvgIpc) is 2.67. The molecule has 5 heteroatoms. The maximum atomic E-state index is 12.4. The van der Waals surface area contributed by atoms with Gasteiger partial charge in [-0.1, -0.05) is 6.92 Å². The van der Waals surface area contributed by atoms with Crippen molar-refractivity contribution in [1.82, 2.24) is 9.47 Å². The molecular formula is C12H17BrN2O2. The number of hydrogen-bond acceptors (Lipinski definition) is 2. The lowest BCUT2D eigenvalue weighted by Crippen LogP contribution is -2.48. The molecule has 1 atom stereocenters. The van der Waals surface area contributed by atoms with Crippen LogP contribution in [0.25, 0.3) is 0 Å². The summed E-state index contributed by atoms with van der Waals surface area (Å²) in [5.74, 6) is 0.0911. The predicted octanol–water partition coefficient (Wildman–Crippen LogP) is 2.04. The summed E-state index contributed by atoms with van der Waals surface area (Å²) in [5, 5.41) is 0. The SMILES string of the molecule is CCC1COCCN1C(=O)c1cc(Br)cn1C. The van der Waals surface area contributed by atoms with E-state index in [1.165, 1.54) is 0 Å². The fourth-order valence-electron chi connectivity index (χ4n) is 2.14. The van der Waals surface area contributed by atoms with E-state index in [1.54, 1.807) is 0 Å². The molecule has 4 nitrogen and oxygen atoms in total. The molecule has 17 heavy (non-hydrogen) atoms. The molecule has 1 unspecified atom stereocenters. The maximum absolute atomic E-state index is 12.4. The molecule has 0 aromatic carbocycles. The summed E-state index contributed by atoms with van der Waals surface area (Å²) in [7, 11) is 1.89. The van der Waals surface area contributed by atoms with E-state index >= 15 is 0 Å². The Labute approximate surface area is 110 Å². The van der Waals surface area contributed by atoms with Crippen LogP contribution < -0.4 is 0 Å². The predicted molar refractivity (Wildman–Crippen MR) is 69.0 cm³/mol. The van der Waals surface area contributed by atoms with Gasteiger partial charge >= 0.3 is 0 Å². The standard InChI is InChI=1S/C12H17BrN2O2/c1-3-10-8-17-5-4-15(10)12(16)11-6-9(13)7-14(11)2/h6-7,10H,3-5,8H2,1-2H3. The summed E-state index contributed by atoms with van der Waals surface area (Å²) < 4.78 is 8.21. The Morgan fingerprint density at radius 3 is 3.00 bits per heavy atom. The molecule has 1 saturated heterocycles. The Morgan fingerprint density at radius 2 is 2.41 bits per heavy atom. The molecule has 0 radical (unpaired) electrons. The first kappa shape index (κ1) is 12.6. The molecule has 1 aliphatic heterocycles. The number of ether oxygens (including phenoxy) is 1. The van der Waals surface area contributed by atoms with Gasteiger partial charge in [0.1, 0.15) is 5.69 Å². The van der Waals surface area contributed by atoms with E-state index in [9.17, 15) is 4.79 Å². The highest BCUT2D eigenvalue weighted by Crippen LogP contribution is 2.19. The Morgan fingerprint density at radius 1 is 1.65 bits per heavy atom. The van der Waals surface area contributed by atoms with Gasteiger partial charge in [0.15, 0.2) is 0 Å². The molecular weight excluding hydrogens is 284 g/mol. The zero-order valence-electron chi connectivity index (χ0n) is 10.1. The van der Waals surface area contributed by atoms with Crippen molar-refractivity contribution in [2.45, 2.75) is 19.4 Å². The third-order valence-electron chi connectivity index (χ3n) is 3.15. The lowest BCUT2D eigenvalue weighted by atomic mass is 10.1. The molecule has 0 spiro atoms. The van der Waals surface area contributed by atoms with Gasteiger partial charge in [-0.25, -0.2) is 0 Å². The van der Waals surface area contributed by atoms with Crippen molar-refractivity contribution >= 4 is 21.8 Å². The van der Waals surface area contributed by atoms with E-state index in [2.05, 4.69) is 22.9 Å². The van der Waals surface area contributed by atoms with Crippen LogP contribution >= 0.6 is 15.9 Å². The smallest absolute Gasteiger partial charge is 0.270 e. The zero-order chi connectivity index (χ0) is 12.4. The molecule has 1 aliphatic rings. The van der Waals surface area contributed by atoms with Crippen molar-refractivity contribution < 1.29 is 9.53 Å². The Kier molecular flexibility index (Phi) is 3.89. The van der Waals surface area contributed by atoms with Crippen molar-refractivity contribution in [1.29, 1.82) is 0 Å². The molecule has 0 aliphatic carbocycles. The zero-order valence-corrected chi connectivity index (χ0v) is 11.7. The number of morpholine rings is 1. The normalized spacial score (nSPS) is 20.6. The molecule has 0 bridgehead atoms. The summed E-state index contributed by atoms with van der Waals surface area (Å²) in [5.41, 5.74) is 0.720. The molecule has 1 aromatic rings.